The van der Waals surface area contributed by atoms with E-state index in [1.165, 1.54) is 18.9 Å². The van der Waals surface area contributed by atoms with Gasteiger partial charge in [-0.05, 0) is 18.2 Å². The van der Waals surface area contributed by atoms with Crippen LogP contribution in [0.1, 0.15) is 0 Å². The number of ether oxygens (including phenoxy) is 2. The highest BCUT2D eigenvalue weighted by Crippen LogP contribution is 2.30. The van der Waals surface area contributed by atoms with Crippen LogP contribution in [0.2, 0.25) is 10.0 Å². The normalized spacial score (nSPS) is 10.6. The quantitative estimate of drug-likeness (QED) is 0.414. The van der Waals surface area contributed by atoms with Gasteiger partial charge in [0.05, 0.1) is 25.0 Å². The van der Waals surface area contributed by atoms with Crippen molar-refractivity contribution in [3.63, 3.8) is 0 Å². The first-order chi connectivity index (χ1) is 13.9. The average molecular weight is 454 g/mol. The smallest absolute Gasteiger partial charge is 0.234 e. The fraction of sp³-hybridized carbons (Fsp3) is 0.167. The fourth-order valence-corrected chi connectivity index (χ4v) is 3.59. The van der Waals surface area contributed by atoms with Crippen molar-refractivity contribution in [2.45, 2.75) is 5.16 Å². The van der Waals surface area contributed by atoms with Crippen LogP contribution in [0, 0.1) is 0 Å². The zero-order chi connectivity index (χ0) is 21.0. The first-order valence-electron chi connectivity index (χ1n) is 8.23. The van der Waals surface area contributed by atoms with Crippen LogP contribution < -0.4 is 20.6 Å². The molecule has 1 heterocycles. The second-order valence-corrected chi connectivity index (χ2v) is 7.52. The molecule has 29 heavy (non-hydrogen) atoms. The van der Waals surface area contributed by atoms with Gasteiger partial charge in [-0.2, -0.15) is 0 Å². The summed E-state index contributed by atoms with van der Waals surface area (Å²) in [5.41, 5.74) is 1.14. The van der Waals surface area contributed by atoms with E-state index in [0.29, 0.717) is 43.8 Å². The van der Waals surface area contributed by atoms with Crippen LogP contribution in [0.3, 0.4) is 0 Å². The van der Waals surface area contributed by atoms with Gasteiger partial charge in [0.15, 0.2) is 5.82 Å². The molecule has 11 heteroatoms. The average Bonchev–Trinajstić information content (AvgIpc) is 3.06. The predicted octanol–water partition coefficient (Wildman–Crippen LogP) is 3.71. The molecule has 1 amide bonds. The molecular formula is C18H17Cl2N5O3S. The molecule has 3 N–H and O–H groups in total. The molecule has 0 radical (unpaired) electrons. The molecule has 0 saturated carbocycles. The molecule has 0 fully saturated rings. The van der Waals surface area contributed by atoms with E-state index in [-0.39, 0.29) is 11.7 Å². The van der Waals surface area contributed by atoms with E-state index in [4.69, 9.17) is 38.5 Å². The number of amides is 1. The lowest BCUT2D eigenvalue weighted by Crippen LogP contribution is -2.16. The number of hydrogen-bond donors (Lipinski definition) is 2. The largest absolute Gasteiger partial charge is 0.497 e. The molecular weight excluding hydrogens is 437 g/mol. The Labute approximate surface area is 181 Å². The van der Waals surface area contributed by atoms with Crippen molar-refractivity contribution in [3.05, 3.63) is 46.4 Å². The molecule has 0 aliphatic rings. The number of benzene rings is 2. The molecule has 3 rings (SSSR count). The predicted molar refractivity (Wildman–Crippen MR) is 115 cm³/mol. The molecule has 0 saturated heterocycles. The molecule has 0 aliphatic heterocycles. The number of rotatable bonds is 7. The van der Waals surface area contributed by atoms with Crippen LogP contribution in [0.5, 0.6) is 11.5 Å². The number of nitrogens with one attached hydrogen (secondary N) is 1. The Bertz CT molecular complexity index is 1020. The molecule has 1 aromatic heterocycles. The van der Waals surface area contributed by atoms with Crippen molar-refractivity contribution in [2.24, 2.45) is 0 Å². The number of methoxy groups -OCH3 is 2. The van der Waals surface area contributed by atoms with Crippen molar-refractivity contribution >= 4 is 46.6 Å². The highest BCUT2D eigenvalue weighted by atomic mass is 35.5. The summed E-state index contributed by atoms with van der Waals surface area (Å²) >= 11 is 13.3. The van der Waals surface area contributed by atoms with Gasteiger partial charge in [-0.15, -0.1) is 10.2 Å². The molecule has 2 aromatic carbocycles. The van der Waals surface area contributed by atoms with E-state index in [0.717, 1.165) is 11.8 Å². The van der Waals surface area contributed by atoms with E-state index >= 15 is 0 Å². The first-order valence-corrected chi connectivity index (χ1v) is 9.97. The number of halogens is 2. The third-order valence-corrected chi connectivity index (χ3v) is 5.30. The van der Waals surface area contributed by atoms with Crippen LogP contribution in [0.15, 0.2) is 41.6 Å². The molecule has 0 spiro atoms. The lowest BCUT2D eigenvalue weighted by Gasteiger charge is -2.10. The van der Waals surface area contributed by atoms with E-state index < -0.39 is 0 Å². The van der Waals surface area contributed by atoms with E-state index in [2.05, 4.69) is 15.5 Å². The molecule has 0 aliphatic carbocycles. The van der Waals surface area contributed by atoms with E-state index in [9.17, 15) is 4.79 Å². The number of nitrogen functional groups attached to an aromatic ring is 1. The van der Waals surface area contributed by atoms with Crippen molar-refractivity contribution < 1.29 is 14.3 Å². The van der Waals surface area contributed by atoms with Gasteiger partial charge in [0.25, 0.3) is 0 Å². The third kappa shape index (κ3) is 5.06. The van der Waals surface area contributed by atoms with E-state index in [1.807, 2.05) is 0 Å². The maximum Gasteiger partial charge on any atom is 0.234 e. The van der Waals surface area contributed by atoms with Gasteiger partial charge in [-0.1, -0.05) is 35.0 Å². The zero-order valence-corrected chi connectivity index (χ0v) is 17.8. The maximum absolute atomic E-state index is 12.3. The lowest BCUT2D eigenvalue weighted by atomic mass is 10.2. The molecule has 3 aromatic rings. The van der Waals surface area contributed by atoms with Crippen molar-refractivity contribution in [3.8, 4) is 22.9 Å². The minimum Gasteiger partial charge on any atom is -0.497 e. The zero-order valence-electron chi connectivity index (χ0n) is 15.5. The summed E-state index contributed by atoms with van der Waals surface area (Å²) in [5.74, 6) is 7.40. The van der Waals surface area contributed by atoms with Gasteiger partial charge in [0.2, 0.25) is 11.1 Å². The minimum absolute atomic E-state index is 0.0726. The minimum atomic E-state index is -0.251. The van der Waals surface area contributed by atoms with Gasteiger partial charge in [-0.3, -0.25) is 4.79 Å². The van der Waals surface area contributed by atoms with Crippen LogP contribution >= 0.6 is 35.0 Å². The van der Waals surface area contributed by atoms with Gasteiger partial charge in [0.1, 0.15) is 11.5 Å². The standard InChI is InChI=1S/C18H17Cl2N5O3S/c1-27-12-6-11(7-13(8-12)28-2)22-16(26)9-29-18-24-23-17(25(18)21)14-4-3-10(19)5-15(14)20/h3-8H,9,21H2,1-2H3,(H,22,26). The number of nitrogens with zero attached hydrogens (tertiary/aromatic N) is 3. The Hall–Kier alpha value is -2.62. The van der Waals surface area contributed by atoms with Crippen molar-refractivity contribution in [2.75, 3.05) is 31.1 Å². The summed E-state index contributed by atoms with van der Waals surface area (Å²) in [7, 11) is 3.07. The number of hydrogen-bond acceptors (Lipinski definition) is 7. The molecule has 0 bridgehead atoms. The Kier molecular flexibility index (Phi) is 6.73. The Balaban J connectivity index is 1.68. The first kappa shape index (κ1) is 21.1. The molecule has 0 unspecified atom stereocenters. The van der Waals surface area contributed by atoms with Gasteiger partial charge in [0, 0.05) is 34.5 Å². The monoisotopic (exact) mass is 453 g/mol. The Morgan fingerprint density at radius 1 is 1.14 bits per heavy atom. The second-order valence-electron chi connectivity index (χ2n) is 5.74. The number of aromatic nitrogens is 3. The number of thioether (sulfide) groups is 1. The number of nitrogens with two attached hydrogens (primary N) is 1. The SMILES string of the molecule is COc1cc(NC(=O)CSc2nnc(-c3ccc(Cl)cc3Cl)n2N)cc(OC)c1. The summed E-state index contributed by atoms with van der Waals surface area (Å²) in [5, 5.41) is 12.1. The summed E-state index contributed by atoms with van der Waals surface area (Å²) < 4.78 is 11.7. The Morgan fingerprint density at radius 3 is 2.45 bits per heavy atom. The number of carbonyl (C=O) groups excluding carboxylic acids is 1. The second kappa shape index (κ2) is 9.25. The maximum atomic E-state index is 12.3. The highest BCUT2D eigenvalue weighted by Gasteiger charge is 2.16. The topological polar surface area (TPSA) is 104 Å². The summed E-state index contributed by atoms with van der Waals surface area (Å²) in [6.07, 6.45) is 0. The van der Waals surface area contributed by atoms with Crippen LogP contribution in [0.4, 0.5) is 5.69 Å². The van der Waals surface area contributed by atoms with Crippen LogP contribution in [-0.2, 0) is 4.79 Å². The molecule has 0 atom stereocenters. The lowest BCUT2D eigenvalue weighted by molar-refractivity contribution is -0.113. The van der Waals surface area contributed by atoms with Crippen molar-refractivity contribution in [1.29, 1.82) is 0 Å². The summed E-state index contributed by atoms with van der Waals surface area (Å²) in [6, 6.07) is 10.1. The summed E-state index contributed by atoms with van der Waals surface area (Å²) in [6.45, 7) is 0. The molecule has 8 nitrogen and oxygen atoms in total. The van der Waals surface area contributed by atoms with E-state index in [1.54, 1.807) is 36.4 Å². The number of carbonyl (C=O) groups is 1. The number of anilines is 1. The van der Waals surface area contributed by atoms with Crippen LogP contribution in [0.25, 0.3) is 11.4 Å². The molecule has 152 valence electrons. The van der Waals surface area contributed by atoms with Crippen molar-refractivity contribution in [1.82, 2.24) is 14.9 Å². The van der Waals surface area contributed by atoms with Gasteiger partial charge >= 0.3 is 0 Å². The fourth-order valence-electron chi connectivity index (χ4n) is 2.44. The highest BCUT2D eigenvalue weighted by molar-refractivity contribution is 7.99. The Morgan fingerprint density at radius 2 is 1.83 bits per heavy atom. The van der Waals surface area contributed by atoms with Gasteiger partial charge < -0.3 is 20.6 Å². The van der Waals surface area contributed by atoms with Crippen LogP contribution in [-0.4, -0.2) is 40.8 Å². The van der Waals surface area contributed by atoms with Gasteiger partial charge in [-0.25, -0.2) is 4.68 Å². The third-order valence-electron chi connectivity index (χ3n) is 3.80. The summed E-state index contributed by atoms with van der Waals surface area (Å²) in [4.78, 5) is 12.3.